The van der Waals surface area contributed by atoms with Crippen molar-refractivity contribution < 1.29 is 13.2 Å². The minimum absolute atomic E-state index is 0.176. The minimum atomic E-state index is -4.15. The lowest BCUT2D eigenvalue weighted by Crippen LogP contribution is -2.13. The number of unbranched alkanes of at least 4 members (excludes halogenated alkanes) is 1. The fourth-order valence-electron chi connectivity index (χ4n) is 0.382. The third-order valence-corrected chi connectivity index (χ3v) is 1.40. The average molecular weight is 173 g/mol. The Bertz CT molecular complexity index is 83.5. The van der Waals surface area contributed by atoms with Gasteiger partial charge in [-0.05, 0) is 6.42 Å². The van der Waals surface area contributed by atoms with Gasteiger partial charge in [0, 0.05) is 18.5 Å². The van der Waals surface area contributed by atoms with E-state index in [0.717, 1.165) is 12.8 Å². The lowest BCUT2D eigenvalue weighted by atomic mass is 10.3. The van der Waals surface area contributed by atoms with E-state index >= 15 is 0 Å². The van der Waals surface area contributed by atoms with E-state index in [4.69, 9.17) is 0 Å². The van der Waals surface area contributed by atoms with Gasteiger partial charge >= 0.3 is 5.51 Å². The maximum absolute atomic E-state index is 11.4. The van der Waals surface area contributed by atoms with Crippen molar-refractivity contribution in [1.29, 1.82) is 0 Å². The summed E-state index contributed by atoms with van der Waals surface area (Å²) in [5.41, 5.74) is -4.15. The number of halogens is 3. The van der Waals surface area contributed by atoms with Crippen LogP contribution in [0.5, 0.6) is 0 Å². The highest BCUT2D eigenvalue weighted by Crippen LogP contribution is 2.26. The molecule has 0 bridgehead atoms. The highest BCUT2D eigenvalue weighted by atomic mass is 32.2. The average Bonchev–Trinajstić information content (AvgIpc) is 1.78. The Balaban J connectivity index is 3.04. The van der Waals surface area contributed by atoms with E-state index in [1.807, 2.05) is 6.92 Å². The fourth-order valence-corrected chi connectivity index (χ4v) is 0.792. The number of alkyl halides is 3. The van der Waals surface area contributed by atoms with Crippen molar-refractivity contribution in [3.63, 3.8) is 0 Å². The Morgan fingerprint density at radius 3 is 2.40 bits per heavy atom. The normalized spacial score (nSPS) is 12.0. The lowest BCUT2D eigenvalue weighted by molar-refractivity contribution is -0.0335. The number of rotatable bonds is 4. The van der Waals surface area contributed by atoms with E-state index in [1.54, 1.807) is 0 Å². The Kier molecular flexibility index (Phi) is 4.89. The van der Waals surface area contributed by atoms with E-state index in [9.17, 15) is 13.2 Å². The second-order valence-electron chi connectivity index (χ2n) is 1.80. The van der Waals surface area contributed by atoms with E-state index in [1.165, 1.54) is 0 Å². The summed E-state index contributed by atoms with van der Waals surface area (Å²) in [6.07, 6.45) is 1.69. The molecule has 0 aliphatic rings. The monoisotopic (exact) mass is 173 g/mol. The second kappa shape index (κ2) is 4.85. The first kappa shape index (κ1) is 10.1. The summed E-state index contributed by atoms with van der Waals surface area (Å²) < 4.78 is 36.4. The molecule has 62 valence electrons. The van der Waals surface area contributed by atoms with Gasteiger partial charge in [0.15, 0.2) is 0 Å². The smallest absolute Gasteiger partial charge is 0.257 e. The van der Waals surface area contributed by atoms with Crippen molar-refractivity contribution in [3.05, 3.63) is 0 Å². The molecule has 0 atom stereocenters. The van der Waals surface area contributed by atoms with E-state index in [0.29, 0.717) is 6.54 Å². The highest BCUT2D eigenvalue weighted by molar-refractivity contribution is 7.98. The standard InChI is InChI=1S/C5H10F3NS/c1-2-3-4-9-10-5(6,7)8/h9H,2-4H2,1H3. The van der Waals surface area contributed by atoms with Gasteiger partial charge < -0.3 is 0 Å². The Morgan fingerprint density at radius 1 is 1.40 bits per heavy atom. The summed E-state index contributed by atoms with van der Waals surface area (Å²) in [6, 6.07) is 0. The van der Waals surface area contributed by atoms with Gasteiger partial charge in [0.2, 0.25) is 0 Å². The van der Waals surface area contributed by atoms with Crippen LogP contribution in [0.4, 0.5) is 13.2 Å². The zero-order valence-electron chi connectivity index (χ0n) is 5.66. The summed E-state index contributed by atoms with van der Waals surface area (Å²) in [5, 5.41) is 0. The van der Waals surface area contributed by atoms with Crippen molar-refractivity contribution in [2.75, 3.05) is 6.54 Å². The van der Waals surface area contributed by atoms with E-state index in [-0.39, 0.29) is 11.9 Å². The highest BCUT2D eigenvalue weighted by Gasteiger charge is 2.27. The molecule has 5 heteroatoms. The predicted octanol–water partition coefficient (Wildman–Crippen LogP) is 2.54. The third kappa shape index (κ3) is 8.10. The van der Waals surface area contributed by atoms with Crippen LogP contribution >= 0.6 is 11.9 Å². The minimum Gasteiger partial charge on any atom is -0.257 e. The molecule has 0 aromatic carbocycles. The van der Waals surface area contributed by atoms with Crippen LogP contribution in [0, 0.1) is 0 Å². The van der Waals surface area contributed by atoms with Crippen molar-refractivity contribution in [3.8, 4) is 0 Å². The van der Waals surface area contributed by atoms with Gasteiger partial charge in [-0.15, -0.1) is 0 Å². The predicted molar refractivity (Wildman–Crippen MR) is 36.6 cm³/mol. The molecule has 0 amide bonds. The Labute approximate surface area is 62.5 Å². The summed E-state index contributed by atoms with van der Waals surface area (Å²) in [7, 11) is 0. The molecule has 0 aliphatic heterocycles. The Morgan fingerprint density at radius 2 is 2.00 bits per heavy atom. The first-order valence-electron chi connectivity index (χ1n) is 3.04. The quantitative estimate of drug-likeness (QED) is 0.518. The van der Waals surface area contributed by atoms with Crippen LogP contribution in [-0.4, -0.2) is 12.1 Å². The van der Waals surface area contributed by atoms with Crippen LogP contribution in [0.15, 0.2) is 0 Å². The van der Waals surface area contributed by atoms with Gasteiger partial charge in [0.05, 0.1) is 0 Å². The van der Waals surface area contributed by atoms with Crippen molar-refractivity contribution in [1.82, 2.24) is 4.72 Å². The molecular formula is C5H10F3NS. The van der Waals surface area contributed by atoms with Gasteiger partial charge in [-0.25, -0.2) is 0 Å². The Hall–Kier alpha value is 0.100. The van der Waals surface area contributed by atoms with Crippen LogP contribution in [0.1, 0.15) is 19.8 Å². The van der Waals surface area contributed by atoms with E-state index < -0.39 is 5.51 Å². The molecular weight excluding hydrogens is 163 g/mol. The molecule has 0 saturated carbocycles. The summed E-state index contributed by atoms with van der Waals surface area (Å²) >= 11 is -0.176. The number of hydrogen-bond acceptors (Lipinski definition) is 2. The molecule has 0 radical (unpaired) electrons. The van der Waals surface area contributed by atoms with E-state index in [2.05, 4.69) is 4.72 Å². The largest absolute Gasteiger partial charge is 0.456 e. The molecule has 0 aromatic rings. The molecule has 0 unspecified atom stereocenters. The van der Waals surface area contributed by atoms with Crippen LogP contribution < -0.4 is 4.72 Å². The van der Waals surface area contributed by atoms with Crippen LogP contribution in [0.25, 0.3) is 0 Å². The topological polar surface area (TPSA) is 12.0 Å². The molecule has 0 aliphatic carbocycles. The first-order valence-corrected chi connectivity index (χ1v) is 3.85. The van der Waals surface area contributed by atoms with Crippen LogP contribution in [0.3, 0.4) is 0 Å². The number of nitrogens with one attached hydrogen (secondary N) is 1. The lowest BCUT2D eigenvalue weighted by Gasteiger charge is -2.04. The molecule has 1 nitrogen and oxygen atoms in total. The van der Waals surface area contributed by atoms with Crippen molar-refractivity contribution in [2.24, 2.45) is 0 Å². The molecule has 0 aromatic heterocycles. The maximum atomic E-state index is 11.4. The van der Waals surface area contributed by atoms with Gasteiger partial charge in [-0.2, -0.15) is 13.2 Å². The fraction of sp³-hybridized carbons (Fsp3) is 1.00. The molecule has 0 spiro atoms. The zero-order chi connectivity index (χ0) is 8.04. The van der Waals surface area contributed by atoms with Gasteiger partial charge in [0.1, 0.15) is 0 Å². The summed E-state index contributed by atoms with van der Waals surface area (Å²) in [6.45, 7) is 2.35. The van der Waals surface area contributed by atoms with Gasteiger partial charge in [-0.1, -0.05) is 13.3 Å². The summed E-state index contributed by atoms with van der Waals surface area (Å²) in [5.74, 6) is 0. The molecule has 0 saturated heterocycles. The first-order chi connectivity index (χ1) is 4.56. The van der Waals surface area contributed by atoms with Gasteiger partial charge in [-0.3, -0.25) is 4.72 Å². The molecule has 10 heavy (non-hydrogen) atoms. The molecule has 0 rings (SSSR count). The van der Waals surface area contributed by atoms with Crippen LogP contribution in [-0.2, 0) is 0 Å². The molecule has 0 heterocycles. The SMILES string of the molecule is CCCCNSC(F)(F)F. The van der Waals surface area contributed by atoms with Crippen molar-refractivity contribution >= 4 is 11.9 Å². The zero-order valence-corrected chi connectivity index (χ0v) is 6.48. The summed E-state index contributed by atoms with van der Waals surface area (Å²) in [4.78, 5) is 0. The number of hydrogen-bond donors (Lipinski definition) is 1. The molecule has 1 N–H and O–H groups in total. The second-order valence-corrected chi connectivity index (χ2v) is 2.75. The third-order valence-electron chi connectivity index (χ3n) is 0.820. The molecule has 0 fully saturated rings. The maximum Gasteiger partial charge on any atom is 0.456 e. The van der Waals surface area contributed by atoms with Crippen LogP contribution in [0.2, 0.25) is 0 Å². The van der Waals surface area contributed by atoms with Crippen molar-refractivity contribution in [2.45, 2.75) is 25.3 Å². The van der Waals surface area contributed by atoms with Gasteiger partial charge in [0.25, 0.3) is 0 Å².